The highest BCUT2D eigenvalue weighted by Gasteiger charge is 2.46. The Hall–Kier alpha value is -3.78. The fourth-order valence-electron chi connectivity index (χ4n) is 4.48. The summed E-state index contributed by atoms with van der Waals surface area (Å²) in [4.78, 5) is 28.2. The summed E-state index contributed by atoms with van der Waals surface area (Å²) >= 11 is 3.34. The van der Waals surface area contributed by atoms with E-state index in [4.69, 9.17) is 9.47 Å². The largest absolute Gasteiger partial charge is 0.507 e. The van der Waals surface area contributed by atoms with E-state index in [0.717, 1.165) is 18.4 Å². The van der Waals surface area contributed by atoms with Crippen molar-refractivity contribution < 1.29 is 29.3 Å². The third-order valence-corrected chi connectivity index (χ3v) is 7.09. The van der Waals surface area contributed by atoms with Gasteiger partial charge in [-0.25, -0.2) is 0 Å². The van der Waals surface area contributed by atoms with Gasteiger partial charge >= 0.3 is 0 Å². The zero-order valence-corrected chi connectivity index (χ0v) is 22.9. The number of unbranched alkanes of at least 4 members (excludes halogenated alkanes) is 1. The molecule has 1 saturated heterocycles. The van der Waals surface area contributed by atoms with Crippen molar-refractivity contribution in [3.05, 3.63) is 93.5 Å². The highest BCUT2D eigenvalue weighted by molar-refractivity contribution is 9.10. The van der Waals surface area contributed by atoms with Crippen molar-refractivity contribution in [2.24, 2.45) is 0 Å². The average molecular weight is 580 g/mol. The number of phenolic OH excluding ortho intramolecular Hbond substituents is 1. The molecule has 2 N–H and O–H groups in total. The van der Waals surface area contributed by atoms with Crippen molar-refractivity contribution in [1.29, 1.82) is 0 Å². The van der Waals surface area contributed by atoms with Gasteiger partial charge in [-0.15, -0.1) is 0 Å². The predicted molar refractivity (Wildman–Crippen MR) is 148 cm³/mol. The number of carbonyl (C=O) groups excluding carboxylic acids is 2. The lowest BCUT2D eigenvalue weighted by atomic mass is 9.94. The molecule has 8 heteroatoms. The maximum atomic E-state index is 13.4. The Morgan fingerprint density at radius 3 is 2.53 bits per heavy atom. The third kappa shape index (κ3) is 5.70. The summed E-state index contributed by atoms with van der Waals surface area (Å²) in [5, 5.41) is 21.8. The van der Waals surface area contributed by atoms with E-state index in [1.54, 1.807) is 36.4 Å². The van der Waals surface area contributed by atoms with Gasteiger partial charge in [0.2, 0.25) is 0 Å². The van der Waals surface area contributed by atoms with Crippen LogP contribution in [0.5, 0.6) is 17.2 Å². The number of benzene rings is 3. The first-order valence-corrected chi connectivity index (χ1v) is 13.3. The van der Waals surface area contributed by atoms with Crippen LogP contribution < -0.4 is 9.47 Å². The molecule has 1 amide bonds. The van der Waals surface area contributed by atoms with Gasteiger partial charge in [-0.3, -0.25) is 9.59 Å². The second-order valence-electron chi connectivity index (χ2n) is 9.01. The Morgan fingerprint density at radius 2 is 1.82 bits per heavy atom. The number of Topliss-reactive ketones (excluding diaryl/α,β-unsaturated/α-hetero) is 1. The summed E-state index contributed by atoms with van der Waals surface area (Å²) in [6.45, 7) is 2.85. The average Bonchev–Trinajstić information content (AvgIpc) is 3.18. The molecule has 0 radical (unpaired) electrons. The zero-order chi connectivity index (χ0) is 27.2. The maximum Gasteiger partial charge on any atom is 0.295 e. The van der Waals surface area contributed by atoms with Gasteiger partial charge in [-0.05, 0) is 64.2 Å². The van der Waals surface area contributed by atoms with Crippen LogP contribution in [0.3, 0.4) is 0 Å². The van der Waals surface area contributed by atoms with E-state index < -0.39 is 17.7 Å². The molecule has 1 atom stereocenters. The van der Waals surface area contributed by atoms with E-state index in [2.05, 4.69) is 22.9 Å². The summed E-state index contributed by atoms with van der Waals surface area (Å²) in [6, 6.07) is 18.8. The van der Waals surface area contributed by atoms with Gasteiger partial charge < -0.3 is 24.6 Å². The summed E-state index contributed by atoms with van der Waals surface area (Å²) < 4.78 is 11.4. The van der Waals surface area contributed by atoms with E-state index in [9.17, 15) is 19.8 Å². The number of hydrogen-bond donors (Lipinski definition) is 2. The Bertz CT molecular complexity index is 1350. The topological polar surface area (TPSA) is 96.3 Å². The highest BCUT2D eigenvalue weighted by atomic mass is 79.9. The van der Waals surface area contributed by atoms with Gasteiger partial charge in [0.1, 0.15) is 11.5 Å². The fourth-order valence-corrected chi connectivity index (χ4v) is 4.94. The van der Waals surface area contributed by atoms with E-state index >= 15 is 0 Å². The van der Waals surface area contributed by atoms with Gasteiger partial charge in [0.05, 0.1) is 29.8 Å². The molecule has 1 fully saturated rings. The molecule has 0 saturated carbocycles. The van der Waals surface area contributed by atoms with E-state index in [1.807, 2.05) is 30.3 Å². The van der Waals surface area contributed by atoms with Crippen molar-refractivity contribution >= 4 is 33.4 Å². The minimum atomic E-state index is -0.894. The number of halogens is 1. The molecule has 0 aromatic heterocycles. The zero-order valence-electron chi connectivity index (χ0n) is 21.3. The SMILES string of the molecule is CCCCOc1cccc(C(O)=C2C(=O)C(=O)N(CCc3ccccc3)C2c2cc(Br)c(O)c(OC)c2)c1. The van der Waals surface area contributed by atoms with Crippen molar-refractivity contribution in [3.63, 3.8) is 0 Å². The van der Waals surface area contributed by atoms with E-state index in [1.165, 1.54) is 12.0 Å². The molecular formula is C30H30BrNO6. The number of rotatable bonds is 10. The van der Waals surface area contributed by atoms with Crippen LogP contribution in [-0.2, 0) is 16.0 Å². The van der Waals surface area contributed by atoms with Crippen LogP contribution in [0, 0.1) is 0 Å². The maximum absolute atomic E-state index is 13.4. The van der Waals surface area contributed by atoms with E-state index in [-0.39, 0.29) is 29.4 Å². The van der Waals surface area contributed by atoms with Gasteiger partial charge in [0.25, 0.3) is 11.7 Å². The molecule has 1 aliphatic heterocycles. The molecule has 0 spiro atoms. The van der Waals surface area contributed by atoms with Gasteiger partial charge in [-0.1, -0.05) is 55.8 Å². The summed E-state index contributed by atoms with van der Waals surface area (Å²) in [5.41, 5.74) is 1.86. The minimum Gasteiger partial charge on any atom is -0.507 e. The molecule has 3 aromatic rings. The lowest BCUT2D eigenvalue weighted by Gasteiger charge is -2.26. The molecule has 198 valence electrons. The van der Waals surface area contributed by atoms with Crippen LogP contribution in [0.4, 0.5) is 0 Å². The number of likely N-dealkylation sites (tertiary alicyclic amines) is 1. The standard InChI is InChI=1S/C30H30BrNO6/c1-3-4-15-38-22-12-8-11-20(16-22)27(33)25-26(21-17-23(31)28(34)24(18-21)37-2)32(30(36)29(25)35)14-13-19-9-6-5-7-10-19/h5-12,16-18,26,33-34H,3-4,13-15H2,1-2H3. The Labute approximate surface area is 230 Å². The number of methoxy groups -OCH3 is 1. The molecule has 1 aliphatic rings. The number of carbonyl (C=O) groups is 2. The summed E-state index contributed by atoms with van der Waals surface area (Å²) in [5.74, 6) is -1.14. The molecule has 7 nitrogen and oxygen atoms in total. The first-order valence-electron chi connectivity index (χ1n) is 12.5. The number of aliphatic hydroxyl groups excluding tert-OH is 1. The molecule has 4 rings (SSSR count). The smallest absolute Gasteiger partial charge is 0.295 e. The number of amides is 1. The summed E-state index contributed by atoms with van der Waals surface area (Å²) in [6.07, 6.45) is 2.39. The Balaban J connectivity index is 1.80. The quantitative estimate of drug-likeness (QED) is 0.132. The minimum absolute atomic E-state index is 0.0339. The lowest BCUT2D eigenvalue weighted by Crippen LogP contribution is -2.31. The molecular weight excluding hydrogens is 550 g/mol. The van der Waals surface area contributed by atoms with Crippen molar-refractivity contribution in [2.45, 2.75) is 32.2 Å². The van der Waals surface area contributed by atoms with Gasteiger partial charge in [0.15, 0.2) is 11.5 Å². The van der Waals surface area contributed by atoms with E-state index in [0.29, 0.717) is 34.4 Å². The fraction of sp³-hybridized carbons (Fsp3) is 0.267. The van der Waals surface area contributed by atoms with Gasteiger partial charge in [0, 0.05) is 12.1 Å². The molecule has 3 aromatic carbocycles. The van der Waals surface area contributed by atoms with Crippen LogP contribution >= 0.6 is 15.9 Å². The number of ether oxygens (including phenoxy) is 2. The van der Waals surface area contributed by atoms with Crippen LogP contribution in [0.25, 0.3) is 5.76 Å². The van der Waals surface area contributed by atoms with Crippen molar-refractivity contribution in [1.82, 2.24) is 4.90 Å². The van der Waals surface area contributed by atoms with Crippen LogP contribution in [0.15, 0.2) is 76.8 Å². The van der Waals surface area contributed by atoms with Crippen molar-refractivity contribution in [3.8, 4) is 17.2 Å². The second-order valence-corrected chi connectivity index (χ2v) is 9.87. The second kappa shape index (κ2) is 12.2. The lowest BCUT2D eigenvalue weighted by molar-refractivity contribution is -0.139. The predicted octanol–water partition coefficient (Wildman–Crippen LogP) is 6.01. The first-order chi connectivity index (χ1) is 18.3. The number of nitrogens with zero attached hydrogens (tertiary/aromatic N) is 1. The van der Waals surface area contributed by atoms with Crippen LogP contribution in [-0.4, -0.2) is 47.1 Å². The highest BCUT2D eigenvalue weighted by Crippen LogP contribution is 2.44. The first kappa shape index (κ1) is 27.3. The summed E-state index contributed by atoms with van der Waals surface area (Å²) in [7, 11) is 1.42. The Morgan fingerprint density at radius 1 is 1.05 bits per heavy atom. The number of phenols is 1. The van der Waals surface area contributed by atoms with Crippen LogP contribution in [0.1, 0.15) is 42.5 Å². The molecule has 1 unspecified atom stereocenters. The molecule has 0 aliphatic carbocycles. The van der Waals surface area contributed by atoms with Crippen LogP contribution in [0.2, 0.25) is 0 Å². The Kier molecular flexibility index (Phi) is 8.73. The number of aliphatic hydroxyl groups is 1. The van der Waals surface area contributed by atoms with Crippen molar-refractivity contribution in [2.75, 3.05) is 20.3 Å². The number of ketones is 1. The molecule has 1 heterocycles. The normalized spacial score (nSPS) is 16.6. The van der Waals surface area contributed by atoms with Gasteiger partial charge in [-0.2, -0.15) is 0 Å². The third-order valence-electron chi connectivity index (χ3n) is 6.48. The monoisotopic (exact) mass is 579 g/mol. The number of hydrogen-bond acceptors (Lipinski definition) is 6. The molecule has 38 heavy (non-hydrogen) atoms. The number of aromatic hydroxyl groups is 1. The molecule has 0 bridgehead atoms.